The van der Waals surface area contributed by atoms with E-state index in [0.29, 0.717) is 12.2 Å². The van der Waals surface area contributed by atoms with Gasteiger partial charge in [0.25, 0.3) is 0 Å². The minimum absolute atomic E-state index is 0.472. The van der Waals surface area contributed by atoms with Crippen molar-refractivity contribution in [3.63, 3.8) is 0 Å². The van der Waals surface area contributed by atoms with Gasteiger partial charge in [0.1, 0.15) is 29.5 Å². The van der Waals surface area contributed by atoms with Crippen LogP contribution in [0.2, 0.25) is 0 Å². The number of aromatic nitrogens is 3. The molecule has 0 fully saturated rings. The first-order valence-corrected chi connectivity index (χ1v) is 8.50. The normalized spacial score (nSPS) is 10.5. The third kappa shape index (κ3) is 3.31. The van der Waals surface area contributed by atoms with Crippen molar-refractivity contribution < 1.29 is 4.74 Å². The minimum atomic E-state index is 0.472. The number of pyridine rings is 2. The fourth-order valence-electron chi connectivity index (χ4n) is 2.91. The summed E-state index contributed by atoms with van der Waals surface area (Å²) in [4.78, 5) is 8.77. The summed E-state index contributed by atoms with van der Waals surface area (Å²) in [7, 11) is 1.86. The molecule has 3 aromatic heterocycles. The van der Waals surface area contributed by atoms with Crippen molar-refractivity contribution in [1.29, 1.82) is 5.26 Å². The van der Waals surface area contributed by atoms with E-state index in [4.69, 9.17) is 10.00 Å². The highest BCUT2D eigenvalue weighted by Crippen LogP contribution is 2.30. The van der Waals surface area contributed by atoms with Crippen molar-refractivity contribution in [2.75, 3.05) is 12.4 Å². The fourth-order valence-corrected chi connectivity index (χ4v) is 2.91. The maximum atomic E-state index is 9.09. The van der Waals surface area contributed by atoms with Crippen LogP contribution in [0.1, 0.15) is 11.1 Å². The second-order valence-electron chi connectivity index (χ2n) is 5.99. The van der Waals surface area contributed by atoms with E-state index in [2.05, 4.69) is 21.4 Å². The fraction of sp³-hybridized carbons (Fsp3) is 0.0952. The summed E-state index contributed by atoms with van der Waals surface area (Å²) in [5, 5.41) is 12.3. The highest BCUT2D eigenvalue weighted by molar-refractivity contribution is 5.77. The molecule has 1 aromatic carbocycles. The number of rotatable bonds is 5. The maximum Gasteiger partial charge on any atom is 0.140 e. The van der Waals surface area contributed by atoms with Gasteiger partial charge in [-0.05, 0) is 42.5 Å². The monoisotopic (exact) mass is 355 g/mol. The van der Waals surface area contributed by atoms with Gasteiger partial charge in [-0.2, -0.15) is 5.26 Å². The van der Waals surface area contributed by atoms with Gasteiger partial charge in [-0.25, -0.2) is 4.98 Å². The van der Waals surface area contributed by atoms with Crippen LogP contribution in [-0.4, -0.2) is 21.4 Å². The van der Waals surface area contributed by atoms with E-state index >= 15 is 0 Å². The summed E-state index contributed by atoms with van der Waals surface area (Å²) in [6, 6.07) is 17.4. The molecule has 6 nitrogen and oxygen atoms in total. The lowest BCUT2D eigenvalue weighted by Crippen LogP contribution is -1.97. The van der Waals surface area contributed by atoms with Gasteiger partial charge in [-0.3, -0.25) is 9.38 Å². The van der Waals surface area contributed by atoms with E-state index in [1.54, 1.807) is 24.5 Å². The van der Waals surface area contributed by atoms with Crippen LogP contribution in [-0.2, 0) is 6.61 Å². The molecule has 0 aliphatic rings. The van der Waals surface area contributed by atoms with Gasteiger partial charge < -0.3 is 10.1 Å². The first kappa shape index (κ1) is 16.6. The Morgan fingerprint density at radius 2 is 2.04 bits per heavy atom. The van der Waals surface area contributed by atoms with Gasteiger partial charge in [-0.15, -0.1) is 0 Å². The first-order valence-electron chi connectivity index (χ1n) is 8.50. The van der Waals surface area contributed by atoms with Crippen molar-refractivity contribution in [3.8, 4) is 23.1 Å². The summed E-state index contributed by atoms with van der Waals surface area (Å²) in [5.41, 5.74) is 4.13. The molecule has 0 aliphatic carbocycles. The molecule has 0 unspecified atom stereocenters. The molecule has 0 amide bonds. The molecule has 0 spiro atoms. The van der Waals surface area contributed by atoms with Gasteiger partial charge in [0.2, 0.25) is 0 Å². The molecule has 0 saturated carbocycles. The Morgan fingerprint density at radius 3 is 2.74 bits per heavy atom. The van der Waals surface area contributed by atoms with Crippen LogP contribution in [0.15, 0.2) is 67.1 Å². The van der Waals surface area contributed by atoms with Gasteiger partial charge >= 0.3 is 0 Å². The lowest BCUT2D eigenvalue weighted by molar-refractivity contribution is 0.306. The topological polar surface area (TPSA) is 75.2 Å². The third-order valence-electron chi connectivity index (χ3n) is 4.25. The molecule has 27 heavy (non-hydrogen) atoms. The Bertz CT molecular complexity index is 1110. The summed E-state index contributed by atoms with van der Waals surface area (Å²) >= 11 is 0. The summed E-state index contributed by atoms with van der Waals surface area (Å²) in [5.74, 6) is 1.66. The van der Waals surface area contributed by atoms with Gasteiger partial charge in [0.15, 0.2) is 0 Å². The zero-order valence-corrected chi connectivity index (χ0v) is 14.8. The van der Waals surface area contributed by atoms with E-state index in [9.17, 15) is 0 Å². The average Bonchev–Trinajstić information content (AvgIpc) is 3.11. The number of benzene rings is 1. The van der Waals surface area contributed by atoms with Gasteiger partial charge in [0, 0.05) is 36.8 Å². The van der Waals surface area contributed by atoms with E-state index in [1.807, 2.05) is 54.0 Å². The van der Waals surface area contributed by atoms with Crippen molar-refractivity contribution in [1.82, 2.24) is 14.4 Å². The Balaban J connectivity index is 1.61. The minimum Gasteiger partial charge on any atom is -0.489 e. The second kappa shape index (κ2) is 7.18. The van der Waals surface area contributed by atoms with E-state index in [0.717, 1.165) is 34.0 Å². The standard InChI is InChI=1S/C21H17N5O/c1-23-21-20(25-19-11-15(12-22)8-10-26(19)21)17-4-6-18(7-5-17)27-14-16-3-2-9-24-13-16/h2-11,13,23H,14H2,1H3. The van der Waals surface area contributed by atoms with Crippen molar-refractivity contribution in [3.05, 3.63) is 78.2 Å². The number of nitriles is 1. The summed E-state index contributed by atoms with van der Waals surface area (Å²) in [6.07, 6.45) is 5.38. The number of fused-ring (bicyclic) bond motifs is 1. The van der Waals surface area contributed by atoms with Crippen LogP contribution in [0.3, 0.4) is 0 Å². The number of ether oxygens (including phenoxy) is 1. The van der Waals surface area contributed by atoms with Crippen molar-refractivity contribution in [2.45, 2.75) is 6.61 Å². The molecule has 1 N–H and O–H groups in total. The van der Waals surface area contributed by atoms with Gasteiger partial charge in [0.05, 0.1) is 11.6 Å². The molecule has 0 aliphatic heterocycles. The third-order valence-corrected chi connectivity index (χ3v) is 4.25. The second-order valence-corrected chi connectivity index (χ2v) is 5.99. The lowest BCUT2D eigenvalue weighted by Gasteiger charge is -2.07. The van der Waals surface area contributed by atoms with Crippen molar-refractivity contribution >= 4 is 11.5 Å². The van der Waals surface area contributed by atoms with Crippen LogP contribution < -0.4 is 10.1 Å². The van der Waals surface area contributed by atoms with Crippen LogP contribution in [0.5, 0.6) is 5.75 Å². The van der Waals surface area contributed by atoms with Crippen molar-refractivity contribution in [2.24, 2.45) is 0 Å². The molecule has 4 aromatic rings. The Hall–Kier alpha value is -3.85. The molecule has 3 heterocycles. The quantitative estimate of drug-likeness (QED) is 0.588. The summed E-state index contributed by atoms with van der Waals surface area (Å²) < 4.78 is 7.74. The smallest absolute Gasteiger partial charge is 0.140 e. The van der Waals surface area contributed by atoms with Gasteiger partial charge in [-0.1, -0.05) is 6.07 Å². The molecular weight excluding hydrogens is 338 g/mol. The van der Waals surface area contributed by atoms with Crippen LogP contribution in [0.4, 0.5) is 5.82 Å². The molecule has 0 saturated heterocycles. The number of anilines is 1. The Kier molecular flexibility index (Phi) is 4.42. The molecule has 6 heteroatoms. The number of hydrogen-bond donors (Lipinski definition) is 1. The zero-order chi connectivity index (χ0) is 18.6. The van der Waals surface area contributed by atoms with E-state index in [1.165, 1.54) is 0 Å². The molecular formula is C21H17N5O. The van der Waals surface area contributed by atoms with Crippen LogP contribution >= 0.6 is 0 Å². The molecule has 4 rings (SSSR count). The number of nitrogens with zero attached hydrogens (tertiary/aromatic N) is 4. The van der Waals surface area contributed by atoms with E-state index in [-0.39, 0.29) is 0 Å². The predicted octanol–water partition coefficient (Wildman–Crippen LogP) is 3.89. The molecule has 132 valence electrons. The Morgan fingerprint density at radius 1 is 1.19 bits per heavy atom. The average molecular weight is 355 g/mol. The largest absolute Gasteiger partial charge is 0.489 e. The molecule has 0 bridgehead atoms. The number of nitrogens with one attached hydrogen (secondary N) is 1. The zero-order valence-electron chi connectivity index (χ0n) is 14.8. The lowest BCUT2D eigenvalue weighted by atomic mass is 10.1. The summed E-state index contributed by atoms with van der Waals surface area (Å²) in [6.45, 7) is 0.472. The molecule has 0 atom stereocenters. The SMILES string of the molecule is CNc1c(-c2ccc(OCc3cccnc3)cc2)nc2cc(C#N)ccn12. The van der Waals surface area contributed by atoms with Crippen LogP contribution in [0, 0.1) is 11.3 Å². The van der Waals surface area contributed by atoms with E-state index < -0.39 is 0 Å². The Labute approximate surface area is 156 Å². The molecule has 0 radical (unpaired) electrons. The first-order chi connectivity index (χ1) is 13.3. The number of hydrogen-bond acceptors (Lipinski definition) is 5. The van der Waals surface area contributed by atoms with Crippen LogP contribution in [0.25, 0.3) is 16.9 Å². The highest BCUT2D eigenvalue weighted by Gasteiger charge is 2.13. The highest BCUT2D eigenvalue weighted by atomic mass is 16.5. The number of imidazole rings is 1. The predicted molar refractivity (Wildman–Crippen MR) is 103 cm³/mol. The maximum absolute atomic E-state index is 9.09.